The van der Waals surface area contributed by atoms with Crippen molar-refractivity contribution in [3.63, 3.8) is 0 Å². The zero-order valence-corrected chi connectivity index (χ0v) is 21.0. The largest absolute Gasteiger partial charge is 0.438 e. The fourth-order valence-corrected chi connectivity index (χ4v) is 3.75. The molecule has 1 aromatic heterocycles. The van der Waals surface area contributed by atoms with Gasteiger partial charge in [-0.15, -0.1) is 0 Å². The lowest BCUT2D eigenvalue weighted by molar-refractivity contribution is -0.0122. The minimum absolute atomic E-state index is 0.0409. The van der Waals surface area contributed by atoms with Crippen LogP contribution in [0.25, 0.3) is 5.69 Å². The molecule has 8 heteroatoms. The van der Waals surface area contributed by atoms with E-state index in [9.17, 15) is 9.50 Å². The molecule has 3 aromatic rings. The van der Waals surface area contributed by atoms with E-state index in [1.807, 2.05) is 51.1 Å². The maximum absolute atomic E-state index is 13.9. The quantitative estimate of drug-likeness (QED) is 0.360. The van der Waals surface area contributed by atoms with Gasteiger partial charge in [0.25, 0.3) is 0 Å². The molecule has 0 saturated heterocycles. The van der Waals surface area contributed by atoms with Crippen LogP contribution in [0.4, 0.5) is 4.39 Å². The van der Waals surface area contributed by atoms with Gasteiger partial charge in [-0.05, 0) is 44.5 Å². The maximum Gasteiger partial charge on any atom is 0.227 e. The molecule has 0 radical (unpaired) electrons. The Morgan fingerprint density at radius 3 is 2.54 bits per heavy atom. The van der Waals surface area contributed by atoms with Crippen LogP contribution in [0.15, 0.2) is 54.6 Å². The van der Waals surface area contributed by atoms with E-state index < -0.39 is 6.10 Å². The van der Waals surface area contributed by atoms with Crippen LogP contribution in [0, 0.1) is 5.82 Å². The van der Waals surface area contributed by atoms with Crippen LogP contribution in [0.3, 0.4) is 0 Å². The first-order chi connectivity index (χ1) is 16.9. The SMILES string of the molecule is CCc1nn(-c2ccccc2)c(Oc2cccc(F)c2)c1CN(CCOC)C[C@H](O)COC(C)C. The molecule has 0 bridgehead atoms. The number of rotatable bonds is 14. The molecular weight excluding hydrogens is 449 g/mol. The molecule has 0 aliphatic carbocycles. The minimum Gasteiger partial charge on any atom is -0.438 e. The molecule has 0 spiro atoms. The number of aryl methyl sites for hydroxylation is 1. The Kier molecular flexibility index (Phi) is 10.2. The van der Waals surface area contributed by atoms with Crippen molar-refractivity contribution in [2.75, 3.05) is 33.4 Å². The van der Waals surface area contributed by atoms with Gasteiger partial charge in [0.1, 0.15) is 11.6 Å². The van der Waals surface area contributed by atoms with E-state index >= 15 is 0 Å². The number of aliphatic hydroxyl groups is 1. The lowest BCUT2D eigenvalue weighted by atomic mass is 10.1. The molecule has 0 saturated carbocycles. The average Bonchev–Trinajstić information content (AvgIpc) is 3.18. The number of hydrogen-bond acceptors (Lipinski definition) is 6. The van der Waals surface area contributed by atoms with Gasteiger partial charge in [0.05, 0.1) is 42.4 Å². The number of halogens is 1. The van der Waals surface area contributed by atoms with Gasteiger partial charge < -0.3 is 19.3 Å². The van der Waals surface area contributed by atoms with Crippen molar-refractivity contribution < 1.29 is 23.7 Å². The first-order valence-electron chi connectivity index (χ1n) is 12.0. The molecule has 35 heavy (non-hydrogen) atoms. The molecule has 0 fully saturated rings. The second-order valence-electron chi connectivity index (χ2n) is 8.65. The summed E-state index contributed by atoms with van der Waals surface area (Å²) in [6.45, 7) is 8.15. The molecule has 1 atom stereocenters. The molecule has 7 nitrogen and oxygen atoms in total. The molecule has 1 N–H and O–H groups in total. The van der Waals surface area contributed by atoms with Gasteiger partial charge >= 0.3 is 0 Å². The van der Waals surface area contributed by atoms with Gasteiger partial charge in [0, 0.05) is 32.8 Å². The van der Waals surface area contributed by atoms with Crippen molar-refractivity contribution in [1.29, 1.82) is 0 Å². The molecular formula is C27H36FN3O4. The summed E-state index contributed by atoms with van der Waals surface area (Å²) < 4.78 is 32.8. The average molecular weight is 486 g/mol. The monoisotopic (exact) mass is 485 g/mol. The summed E-state index contributed by atoms with van der Waals surface area (Å²) in [5.41, 5.74) is 2.60. The van der Waals surface area contributed by atoms with Crippen molar-refractivity contribution in [2.24, 2.45) is 0 Å². The van der Waals surface area contributed by atoms with Crippen LogP contribution < -0.4 is 4.74 Å². The molecule has 0 amide bonds. The van der Waals surface area contributed by atoms with Crippen molar-refractivity contribution in [2.45, 2.75) is 45.9 Å². The Bertz CT molecular complexity index is 1040. The van der Waals surface area contributed by atoms with E-state index in [1.165, 1.54) is 12.1 Å². The van der Waals surface area contributed by atoms with Crippen molar-refractivity contribution in [3.05, 3.63) is 71.7 Å². The summed E-state index contributed by atoms with van der Waals surface area (Å²) in [4.78, 5) is 2.10. The topological polar surface area (TPSA) is 69.0 Å². The highest BCUT2D eigenvalue weighted by molar-refractivity contribution is 5.43. The highest BCUT2D eigenvalue weighted by atomic mass is 19.1. The number of hydrogen-bond donors (Lipinski definition) is 1. The maximum atomic E-state index is 13.9. The van der Waals surface area contributed by atoms with Gasteiger partial charge in [-0.1, -0.05) is 31.2 Å². The fourth-order valence-electron chi connectivity index (χ4n) is 3.75. The third-order valence-electron chi connectivity index (χ3n) is 5.45. The number of benzene rings is 2. The van der Waals surface area contributed by atoms with Crippen LogP contribution >= 0.6 is 0 Å². The van der Waals surface area contributed by atoms with Crippen molar-refractivity contribution >= 4 is 0 Å². The summed E-state index contributed by atoms with van der Waals surface area (Å²) in [7, 11) is 1.65. The van der Waals surface area contributed by atoms with E-state index in [-0.39, 0.29) is 18.5 Å². The molecule has 0 aliphatic heterocycles. The summed E-state index contributed by atoms with van der Waals surface area (Å²) in [6, 6.07) is 15.8. The molecule has 1 heterocycles. The Labute approximate surface area is 207 Å². The third-order valence-corrected chi connectivity index (χ3v) is 5.45. The predicted molar refractivity (Wildman–Crippen MR) is 134 cm³/mol. The lowest BCUT2D eigenvalue weighted by Crippen LogP contribution is -2.37. The first kappa shape index (κ1) is 26.8. The molecule has 2 aromatic carbocycles. The number of methoxy groups -OCH3 is 1. The Morgan fingerprint density at radius 1 is 1.11 bits per heavy atom. The summed E-state index contributed by atoms with van der Waals surface area (Å²) in [6.07, 6.45) is 0.0708. The second-order valence-corrected chi connectivity index (χ2v) is 8.65. The Morgan fingerprint density at radius 2 is 1.89 bits per heavy atom. The van der Waals surface area contributed by atoms with Crippen LogP contribution in [-0.4, -0.2) is 65.4 Å². The van der Waals surface area contributed by atoms with E-state index in [1.54, 1.807) is 23.9 Å². The number of nitrogens with zero attached hydrogens (tertiary/aromatic N) is 3. The fraction of sp³-hybridized carbons (Fsp3) is 0.444. The molecule has 190 valence electrons. The van der Waals surface area contributed by atoms with E-state index in [2.05, 4.69) is 4.90 Å². The Hall–Kier alpha value is -2.78. The van der Waals surface area contributed by atoms with Gasteiger partial charge in [-0.3, -0.25) is 4.90 Å². The summed E-state index contributed by atoms with van der Waals surface area (Å²) in [5, 5.41) is 15.4. The molecule has 0 unspecified atom stereocenters. The van der Waals surface area contributed by atoms with E-state index in [0.717, 1.165) is 16.9 Å². The van der Waals surface area contributed by atoms with Crippen molar-refractivity contribution in [1.82, 2.24) is 14.7 Å². The van der Waals surface area contributed by atoms with Crippen molar-refractivity contribution in [3.8, 4) is 17.3 Å². The molecule has 3 rings (SSSR count). The first-order valence-corrected chi connectivity index (χ1v) is 12.0. The zero-order chi connectivity index (χ0) is 25.2. The molecule has 0 aliphatic rings. The van der Waals surface area contributed by atoms with E-state index in [0.29, 0.717) is 44.3 Å². The third kappa shape index (κ3) is 7.86. The standard InChI is InChI=1S/C27H36FN3O4/c1-5-26-25(18-30(14-15-33-4)17-23(32)19-34-20(2)3)27(35-24-13-9-10-21(28)16-24)31(29-26)22-11-7-6-8-12-22/h6-13,16,20,23,32H,5,14-15,17-19H2,1-4H3/t23-/m0/s1. The summed E-state index contributed by atoms with van der Waals surface area (Å²) in [5.74, 6) is 0.536. The number of ether oxygens (including phenoxy) is 3. The van der Waals surface area contributed by atoms with Crippen LogP contribution in [0.2, 0.25) is 0 Å². The van der Waals surface area contributed by atoms with Gasteiger partial charge in [-0.2, -0.15) is 5.10 Å². The Balaban J connectivity index is 1.97. The number of para-hydroxylation sites is 1. The second kappa shape index (κ2) is 13.3. The number of aliphatic hydroxyl groups excluding tert-OH is 1. The van der Waals surface area contributed by atoms with Crippen LogP contribution in [-0.2, 0) is 22.4 Å². The van der Waals surface area contributed by atoms with Crippen LogP contribution in [0.1, 0.15) is 32.0 Å². The smallest absolute Gasteiger partial charge is 0.227 e. The summed E-state index contributed by atoms with van der Waals surface area (Å²) >= 11 is 0. The van der Waals surface area contributed by atoms with E-state index in [4.69, 9.17) is 19.3 Å². The zero-order valence-electron chi connectivity index (χ0n) is 21.0. The highest BCUT2D eigenvalue weighted by Crippen LogP contribution is 2.32. The lowest BCUT2D eigenvalue weighted by Gasteiger charge is -2.25. The minimum atomic E-state index is -0.656. The predicted octanol–water partition coefficient (Wildman–Crippen LogP) is 4.60. The highest BCUT2D eigenvalue weighted by Gasteiger charge is 2.24. The number of aromatic nitrogens is 2. The van der Waals surface area contributed by atoms with Crippen LogP contribution in [0.5, 0.6) is 11.6 Å². The normalized spacial score (nSPS) is 12.5. The van der Waals surface area contributed by atoms with Gasteiger partial charge in [-0.25, -0.2) is 9.07 Å². The van der Waals surface area contributed by atoms with Gasteiger partial charge in [0.2, 0.25) is 5.88 Å². The van der Waals surface area contributed by atoms with Gasteiger partial charge in [0.15, 0.2) is 0 Å².